The molecule has 2 atom stereocenters. The molecular formula is C30H31F9N2O4. The van der Waals surface area contributed by atoms with E-state index in [0.717, 1.165) is 43.1 Å². The second kappa shape index (κ2) is 13.0. The molecule has 45 heavy (non-hydrogen) atoms. The van der Waals surface area contributed by atoms with E-state index in [-0.39, 0.29) is 36.3 Å². The minimum absolute atomic E-state index is 0.00873. The molecule has 1 aliphatic carbocycles. The van der Waals surface area contributed by atoms with Crippen LogP contribution in [0.4, 0.5) is 54.8 Å². The summed E-state index contributed by atoms with van der Waals surface area (Å²) in [6.07, 6.45) is -13.9. The van der Waals surface area contributed by atoms with Crippen LogP contribution in [0.5, 0.6) is 0 Å². The first kappa shape index (κ1) is 34.2. The van der Waals surface area contributed by atoms with Crippen LogP contribution in [-0.4, -0.2) is 36.8 Å². The Bertz CT molecular complexity index is 1350. The van der Waals surface area contributed by atoms with Gasteiger partial charge in [-0.05, 0) is 79.1 Å². The number of hydrogen-bond donors (Lipinski definition) is 0. The van der Waals surface area contributed by atoms with Gasteiger partial charge in [0.05, 0.1) is 42.1 Å². The fraction of sp³-hybridized carbons (Fsp3) is 0.533. The third kappa shape index (κ3) is 7.96. The number of nitrogens with zero attached hydrogens (tertiary/aromatic N) is 2. The maximum absolute atomic E-state index is 13.9. The molecule has 1 heterocycles. The third-order valence-electron chi connectivity index (χ3n) is 7.89. The lowest BCUT2D eigenvalue weighted by Crippen LogP contribution is -2.50. The van der Waals surface area contributed by atoms with E-state index in [9.17, 15) is 49.1 Å². The van der Waals surface area contributed by atoms with Crippen molar-refractivity contribution in [2.45, 2.75) is 82.6 Å². The van der Waals surface area contributed by atoms with Gasteiger partial charge in [-0.3, -0.25) is 9.80 Å². The molecule has 1 fully saturated rings. The van der Waals surface area contributed by atoms with Gasteiger partial charge < -0.3 is 9.47 Å². The molecule has 6 nitrogen and oxygen atoms in total. The van der Waals surface area contributed by atoms with Crippen LogP contribution in [0.3, 0.4) is 0 Å². The van der Waals surface area contributed by atoms with Crippen molar-refractivity contribution in [1.29, 1.82) is 0 Å². The van der Waals surface area contributed by atoms with E-state index in [1.807, 2.05) is 6.92 Å². The van der Waals surface area contributed by atoms with Gasteiger partial charge in [0.2, 0.25) is 0 Å². The lowest BCUT2D eigenvalue weighted by molar-refractivity contribution is -0.143. The van der Waals surface area contributed by atoms with Crippen LogP contribution in [0.1, 0.15) is 79.3 Å². The zero-order valence-electron chi connectivity index (χ0n) is 24.3. The lowest BCUT2D eigenvalue weighted by atomic mass is 9.86. The highest BCUT2D eigenvalue weighted by molar-refractivity contribution is 5.91. The number of benzene rings is 2. The van der Waals surface area contributed by atoms with Crippen molar-refractivity contribution in [2.75, 3.05) is 18.6 Å². The van der Waals surface area contributed by atoms with Gasteiger partial charge in [0, 0.05) is 12.6 Å². The van der Waals surface area contributed by atoms with Crippen molar-refractivity contribution in [3.63, 3.8) is 0 Å². The van der Waals surface area contributed by atoms with Crippen molar-refractivity contribution < 1.29 is 58.6 Å². The maximum Gasteiger partial charge on any atom is 0.416 e. The molecule has 0 radical (unpaired) electrons. The number of alkyl halides is 9. The number of carbonyl (C=O) groups is 2. The topological polar surface area (TPSA) is 59.1 Å². The second-order valence-corrected chi connectivity index (χ2v) is 11.1. The van der Waals surface area contributed by atoms with Crippen molar-refractivity contribution in [3.05, 3.63) is 64.2 Å². The summed E-state index contributed by atoms with van der Waals surface area (Å²) in [4.78, 5) is 28.5. The number of rotatable bonds is 8. The minimum Gasteiger partial charge on any atom is -0.453 e. The number of unbranched alkanes of at least 4 members (excludes halogenated alkanes) is 2. The highest BCUT2D eigenvalue weighted by atomic mass is 19.4. The van der Waals surface area contributed by atoms with Gasteiger partial charge in [-0.15, -0.1) is 0 Å². The van der Waals surface area contributed by atoms with Crippen molar-refractivity contribution in [1.82, 2.24) is 4.90 Å². The molecule has 0 spiro atoms. The lowest BCUT2D eigenvalue weighted by Gasteiger charge is -2.44. The minimum atomic E-state index is -5.17. The van der Waals surface area contributed by atoms with E-state index >= 15 is 0 Å². The number of anilines is 1. The molecule has 4 rings (SSSR count). The molecule has 1 saturated carbocycles. The summed E-state index contributed by atoms with van der Waals surface area (Å²) in [6.45, 7) is 1.14. The monoisotopic (exact) mass is 654 g/mol. The Labute approximate surface area is 253 Å². The van der Waals surface area contributed by atoms with Gasteiger partial charge >= 0.3 is 30.7 Å². The van der Waals surface area contributed by atoms with Gasteiger partial charge in [0.25, 0.3) is 0 Å². The highest BCUT2D eigenvalue weighted by Gasteiger charge is 2.48. The molecule has 2 unspecified atom stereocenters. The number of carbonyl (C=O) groups excluding carboxylic acids is 2. The molecule has 2 aromatic rings. The maximum atomic E-state index is 13.9. The predicted molar refractivity (Wildman–Crippen MR) is 143 cm³/mol. The number of fused-ring (bicyclic) bond motifs is 1. The summed E-state index contributed by atoms with van der Waals surface area (Å²) in [5.41, 5.74) is -5.12. The van der Waals surface area contributed by atoms with Crippen LogP contribution < -0.4 is 4.90 Å². The van der Waals surface area contributed by atoms with Gasteiger partial charge in [0.1, 0.15) is 0 Å². The second-order valence-electron chi connectivity index (χ2n) is 11.1. The quantitative estimate of drug-likeness (QED) is 0.210. The third-order valence-corrected chi connectivity index (χ3v) is 7.89. The van der Waals surface area contributed by atoms with E-state index in [2.05, 4.69) is 0 Å². The standard InChI is InChI=1S/C30H31F9N2O4/c1-3-4-5-10-45-27(43)41-23-9-8-19(28(31,32)33)14-22(23)25(15-24(41)18-6-7-18)40(26(42)44-2)16-17-11-20(29(34,35)36)13-21(12-17)30(37,38)39/h8-9,11-14,18,24-25H,3-7,10,15-16H2,1-2H3. The summed E-state index contributed by atoms with van der Waals surface area (Å²) < 4.78 is 133. The molecule has 15 heteroatoms. The molecule has 2 aromatic carbocycles. The first-order valence-electron chi connectivity index (χ1n) is 14.3. The van der Waals surface area contributed by atoms with Crippen molar-refractivity contribution >= 4 is 17.9 Å². The van der Waals surface area contributed by atoms with E-state index in [1.165, 1.54) is 4.90 Å². The number of methoxy groups -OCH3 is 1. The molecule has 0 bridgehead atoms. The van der Waals surface area contributed by atoms with Gasteiger partial charge in [-0.1, -0.05) is 19.8 Å². The Morgan fingerprint density at radius 1 is 0.867 bits per heavy atom. The first-order chi connectivity index (χ1) is 21.0. The largest absolute Gasteiger partial charge is 0.453 e. The van der Waals surface area contributed by atoms with E-state index < -0.39 is 71.6 Å². The Balaban J connectivity index is 1.84. The molecular weight excluding hydrogens is 623 g/mol. The Hall–Kier alpha value is -3.65. The summed E-state index contributed by atoms with van der Waals surface area (Å²) in [7, 11) is 0.927. The van der Waals surface area contributed by atoms with Crippen LogP contribution >= 0.6 is 0 Å². The smallest absolute Gasteiger partial charge is 0.416 e. The number of halogens is 9. The normalized spacial score (nSPS) is 18.8. The average molecular weight is 655 g/mol. The Morgan fingerprint density at radius 3 is 1.98 bits per heavy atom. The number of ether oxygens (including phenoxy) is 2. The number of amides is 2. The SMILES string of the molecule is CCCCCOC(=O)N1c2ccc(C(F)(F)F)cc2C(N(Cc2cc(C(F)(F)F)cc(C(F)(F)F)c2)C(=O)OC)CC1C1CC1. The molecule has 248 valence electrons. The first-order valence-corrected chi connectivity index (χ1v) is 14.3. The summed E-state index contributed by atoms with van der Waals surface area (Å²) in [5.74, 6) is -0.129. The van der Waals surface area contributed by atoms with Gasteiger partial charge in [-0.25, -0.2) is 9.59 Å². The van der Waals surface area contributed by atoms with Crippen LogP contribution in [0.15, 0.2) is 36.4 Å². The molecule has 0 aromatic heterocycles. The highest BCUT2D eigenvalue weighted by Crippen LogP contribution is 2.50. The molecule has 0 N–H and O–H groups in total. The van der Waals surface area contributed by atoms with E-state index in [4.69, 9.17) is 9.47 Å². The van der Waals surface area contributed by atoms with Gasteiger partial charge in [-0.2, -0.15) is 39.5 Å². The van der Waals surface area contributed by atoms with Crippen LogP contribution in [-0.2, 0) is 34.5 Å². The molecule has 1 aliphatic heterocycles. The zero-order valence-corrected chi connectivity index (χ0v) is 24.3. The molecule has 2 amide bonds. The van der Waals surface area contributed by atoms with Gasteiger partial charge in [0.15, 0.2) is 0 Å². The van der Waals surface area contributed by atoms with Crippen LogP contribution in [0.2, 0.25) is 0 Å². The Morgan fingerprint density at radius 2 is 1.47 bits per heavy atom. The fourth-order valence-electron chi connectivity index (χ4n) is 5.58. The zero-order chi connectivity index (χ0) is 33.3. The van der Waals surface area contributed by atoms with Crippen molar-refractivity contribution in [2.24, 2.45) is 5.92 Å². The average Bonchev–Trinajstić information content (AvgIpc) is 3.81. The van der Waals surface area contributed by atoms with Crippen LogP contribution in [0, 0.1) is 5.92 Å². The van der Waals surface area contributed by atoms with Crippen LogP contribution in [0.25, 0.3) is 0 Å². The van der Waals surface area contributed by atoms with E-state index in [1.54, 1.807) is 0 Å². The predicted octanol–water partition coefficient (Wildman–Crippen LogP) is 9.37. The Kier molecular flexibility index (Phi) is 9.88. The molecule has 0 saturated heterocycles. The molecule has 2 aliphatic rings. The fourth-order valence-corrected chi connectivity index (χ4v) is 5.58. The summed E-state index contributed by atoms with van der Waals surface area (Å²) in [5, 5.41) is 0. The number of hydrogen-bond acceptors (Lipinski definition) is 4. The summed E-state index contributed by atoms with van der Waals surface area (Å²) in [6, 6.07) is 1.38. The summed E-state index contributed by atoms with van der Waals surface area (Å²) >= 11 is 0. The van der Waals surface area contributed by atoms with Crippen molar-refractivity contribution in [3.8, 4) is 0 Å². The van der Waals surface area contributed by atoms with E-state index in [0.29, 0.717) is 31.4 Å².